The van der Waals surface area contributed by atoms with Gasteiger partial charge >= 0.3 is 12.1 Å². The van der Waals surface area contributed by atoms with Crippen LogP contribution < -0.4 is 15.5 Å². The zero-order valence-corrected chi connectivity index (χ0v) is 16.3. The van der Waals surface area contributed by atoms with E-state index in [2.05, 4.69) is 15.6 Å². The highest BCUT2D eigenvalue weighted by Gasteiger charge is 2.31. The van der Waals surface area contributed by atoms with Gasteiger partial charge in [-0.15, -0.1) is 11.3 Å². The fourth-order valence-electron chi connectivity index (χ4n) is 2.47. The summed E-state index contributed by atoms with van der Waals surface area (Å²) >= 11 is 13.2. The number of nitrogens with zero attached hydrogens (tertiary/aromatic N) is 3. The number of hydrogen-bond donors (Lipinski definition) is 2. The first-order chi connectivity index (χ1) is 13.0. The highest BCUT2D eigenvalue weighted by atomic mass is 35.5. The molecule has 0 atom stereocenters. The molecule has 0 saturated carbocycles. The Balaban J connectivity index is 1.85. The van der Waals surface area contributed by atoms with Crippen LogP contribution in [0, 0.1) is 0 Å². The van der Waals surface area contributed by atoms with Gasteiger partial charge < -0.3 is 15.5 Å². The first kappa shape index (κ1) is 19.4. The predicted octanol–water partition coefficient (Wildman–Crippen LogP) is 3.43. The van der Waals surface area contributed by atoms with Crippen molar-refractivity contribution in [2.24, 2.45) is 0 Å². The number of nitrogens with one attached hydrogen (secondary N) is 2. The van der Waals surface area contributed by atoms with E-state index in [1.807, 2.05) is 0 Å². The zero-order chi connectivity index (χ0) is 19.4. The van der Waals surface area contributed by atoms with E-state index in [4.69, 9.17) is 23.2 Å². The molecule has 1 aliphatic rings. The quantitative estimate of drug-likeness (QED) is 0.767. The molecule has 27 heavy (non-hydrogen) atoms. The lowest BCUT2D eigenvalue weighted by molar-refractivity contribution is -0.120. The van der Waals surface area contributed by atoms with Gasteiger partial charge in [0, 0.05) is 26.1 Å². The second-order valence-electron chi connectivity index (χ2n) is 5.58. The first-order valence-electron chi connectivity index (χ1n) is 7.96. The molecule has 2 N–H and O–H groups in total. The second-order valence-corrected chi connectivity index (χ2v) is 7.23. The molecule has 2 heterocycles. The van der Waals surface area contributed by atoms with Gasteiger partial charge in [-0.05, 0) is 12.1 Å². The van der Waals surface area contributed by atoms with Crippen molar-refractivity contribution in [2.75, 3.05) is 29.9 Å². The Kier molecular flexibility index (Phi) is 6.15. The summed E-state index contributed by atoms with van der Waals surface area (Å²) in [6.07, 6.45) is 1.59. The number of carbonyl (C=O) groups is 3. The Morgan fingerprint density at radius 2 is 2.11 bits per heavy atom. The van der Waals surface area contributed by atoms with Gasteiger partial charge in [0.25, 0.3) is 0 Å². The molecular weight excluding hydrogens is 413 g/mol. The summed E-state index contributed by atoms with van der Waals surface area (Å²) in [5.41, 5.74) is 1.80. The lowest BCUT2D eigenvalue weighted by Crippen LogP contribution is -2.49. The Labute approximate surface area is 169 Å². The molecule has 3 rings (SSSR count). The maximum atomic E-state index is 13.0. The highest BCUT2D eigenvalue weighted by molar-refractivity contribution is 7.14. The molecule has 11 heteroatoms. The average Bonchev–Trinajstić information content (AvgIpc) is 3.07. The number of rotatable bonds is 2. The van der Waals surface area contributed by atoms with E-state index in [0.29, 0.717) is 18.1 Å². The number of benzene rings is 1. The first-order valence-corrected chi connectivity index (χ1v) is 9.60. The number of carbonyl (C=O) groups excluding carboxylic acids is 3. The van der Waals surface area contributed by atoms with Crippen LogP contribution in [0.5, 0.6) is 0 Å². The minimum Gasteiger partial charge on any atom is -0.354 e. The summed E-state index contributed by atoms with van der Waals surface area (Å²) in [4.78, 5) is 43.8. The minimum atomic E-state index is -0.697. The van der Waals surface area contributed by atoms with Crippen LogP contribution in [0.3, 0.4) is 0 Å². The molecule has 142 valence electrons. The molecule has 2 aromatic rings. The maximum absolute atomic E-state index is 13.0. The van der Waals surface area contributed by atoms with Crippen molar-refractivity contribution in [1.82, 2.24) is 15.2 Å². The number of imide groups is 1. The SMILES string of the molecule is O=C1CCN(C(=O)N(C(=O)Nc2cccc(Cl)c2Cl)c2cncs2)CCN1. The van der Waals surface area contributed by atoms with Crippen molar-refractivity contribution in [3.05, 3.63) is 40.0 Å². The number of hydrogen-bond acceptors (Lipinski definition) is 5. The normalized spacial score (nSPS) is 14.3. The monoisotopic (exact) mass is 427 g/mol. The minimum absolute atomic E-state index is 0.134. The fraction of sp³-hybridized carbons (Fsp3) is 0.250. The van der Waals surface area contributed by atoms with Gasteiger partial charge in [-0.25, -0.2) is 14.5 Å². The third-order valence-electron chi connectivity index (χ3n) is 3.81. The molecule has 0 spiro atoms. The largest absolute Gasteiger partial charge is 0.354 e. The van der Waals surface area contributed by atoms with Gasteiger partial charge in [0.1, 0.15) is 5.00 Å². The summed E-state index contributed by atoms with van der Waals surface area (Å²) in [6, 6.07) is 3.56. The van der Waals surface area contributed by atoms with Crippen LogP contribution >= 0.6 is 34.5 Å². The number of amides is 5. The van der Waals surface area contributed by atoms with E-state index in [-0.39, 0.29) is 34.6 Å². The average molecular weight is 428 g/mol. The van der Waals surface area contributed by atoms with E-state index in [0.717, 1.165) is 16.2 Å². The number of anilines is 2. The van der Waals surface area contributed by atoms with E-state index in [9.17, 15) is 14.4 Å². The molecule has 1 aliphatic heterocycles. The van der Waals surface area contributed by atoms with Crippen molar-refractivity contribution in [1.29, 1.82) is 0 Å². The van der Waals surface area contributed by atoms with Crippen LogP contribution in [0.4, 0.5) is 20.3 Å². The topological polar surface area (TPSA) is 94.6 Å². The van der Waals surface area contributed by atoms with Gasteiger partial charge in [0.05, 0.1) is 27.4 Å². The highest BCUT2D eigenvalue weighted by Crippen LogP contribution is 2.30. The lowest BCUT2D eigenvalue weighted by Gasteiger charge is -2.27. The Bertz CT molecular complexity index is 862. The Morgan fingerprint density at radius 3 is 2.85 bits per heavy atom. The van der Waals surface area contributed by atoms with Crippen LogP contribution in [0.25, 0.3) is 0 Å². The number of urea groups is 2. The molecule has 5 amide bonds. The molecule has 1 fully saturated rings. The van der Waals surface area contributed by atoms with Crippen molar-refractivity contribution in [3.8, 4) is 0 Å². The smallest absolute Gasteiger partial charge is 0.335 e. The van der Waals surface area contributed by atoms with Crippen LogP contribution in [-0.4, -0.2) is 47.5 Å². The van der Waals surface area contributed by atoms with E-state index < -0.39 is 12.1 Å². The molecule has 1 saturated heterocycles. The lowest BCUT2D eigenvalue weighted by atomic mass is 10.3. The van der Waals surface area contributed by atoms with Crippen LogP contribution in [0.15, 0.2) is 29.9 Å². The summed E-state index contributed by atoms with van der Waals surface area (Å²) in [5.74, 6) is -0.134. The van der Waals surface area contributed by atoms with E-state index >= 15 is 0 Å². The number of halogens is 2. The second kappa shape index (κ2) is 8.55. The molecule has 1 aromatic heterocycles. The molecule has 0 bridgehead atoms. The van der Waals surface area contributed by atoms with Crippen molar-refractivity contribution < 1.29 is 14.4 Å². The molecule has 0 radical (unpaired) electrons. The summed E-state index contributed by atoms with van der Waals surface area (Å²) in [6.45, 7) is 0.832. The van der Waals surface area contributed by atoms with Gasteiger partial charge in [0.15, 0.2) is 0 Å². The van der Waals surface area contributed by atoms with E-state index in [1.54, 1.807) is 18.2 Å². The summed E-state index contributed by atoms with van der Waals surface area (Å²) in [5, 5.41) is 6.10. The van der Waals surface area contributed by atoms with E-state index in [1.165, 1.54) is 16.6 Å². The van der Waals surface area contributed by atoms with Crippen LogP contribution in [-0.2, 0) is 4.79 Å². The predicted molar refractivity (Wildman–Crippen MR) is 105 cm³/mol. The number of thiazole rings is 1. The van der Waals surface area contributed by atoms with Crippen LogP contribution in [0.2, 0.25) is 10.0 Å². The van der Waals surface area contributed by atoms with Gasteiger partial charge in [-0.3, -0.25) is 9.78 Å². The molecule has 0 aliphatic carbocycles. The van der Waals surface area contributed by atoms with Gasteiger partial charge in [-0.1, -0.05) is 29.3 Å². The van der Waals surface area contributed by atoms with Crippen LogP contribution in [0.1, 0.15) is 6.42 Å². The third kappa shape index (κ3) is 4.49. The maximum Gasteiger partial charge on any atom is 0.335 e. The molecule has 0 unspecified atom stereocenters. The Morgan fingerprint density at radius 1 is 1.30 bits per heavy atom. The van der Waals surface area contributed by atoms with Gasteiger partial charge in [-0.2, -0.15) is 0 Å². The summed E-state index contributed by atoms with van der Waals surface area (Å²) in [7, 11) is 0. The Hall–Kier alpha value is -2.36. The van der Waals surface area contributed by atoms with Crippen molar-refractivity contribution >= 4 is 63.2 Å². The molecule has 8 nitrogen and oxygen atoms in total. The fourth-order valence-corrected chi connectivity index (χ4v) is 3.44. The molecular formula is C16H15Cl2N5O3S. The van der Waals surface area contributed by atoms with Crippen molar-refractivity contribution in [3.63, 3.8) is 0 Å². The standard InChI is InChI=1S/C16H15Cl2N5O3S/c17-10-2-1-3-11(14(10)18)21-15(25)23(13-8-19-9-27-13)16(26)22-6-4-12(24)20-5-7-22/h1-3,8-9H,4-7H2,(H,20,24)(H,21,25). The molecule has 1 aromatic carbocycles. The zero-order valence-electron chi connectivity index (χ0n) is 13.9. The van der Waals surface area contributed by atoms with Crippen molar-refractivity contribution in [2.45, 2.75) is 6.42 Å². The van der Waals surface area contributed by atoms with Gasteiger partial charge in [0.2, 0.25) is 5.91 Å². The third-order valence-corrected chi connectivity index (χ3v) is 5.39. The number of aromatic nitrogens is 1. The summed E-state index contributed by atoms with van der Waals surface area (Å²) < 4.78 is 0.